The van der Waals surface area contributed by atoms with Gasteiger partial charge in [-0.3, -0.25) is 9.79 Å². The Labute approximate surface area is 141 Å². The van der Waals surface area contributed by atoms with E-state index in [9.17, 15) is 9.90 Å². The maximum absolute atomic E-state index is 11.5. The summed E-state index contributed by atoms with van der Waals surface area (Å²) in [6.45, 7) is 13.0. The number of hydrogen-bond donors (Lipinski definition) is 4. The highest BCUT2D eigenvalue weighted by Crippen LogP contribution is 2.30. The number of amides is 1. The zero-order valence-corrected chi connectivity index (χ0v) is 15.5. The molecule has 0 spiro atoms. The van der Waals surface area contributed by atoms with E-state index in [0.717, 1.165) is 31.8 Å². The average Bonchev–Trinajstić information content (AvgIpc) is 2.54. The number of aliphatic imine (C=N–C) groups is 1. The van der Waals surface area contributed by atoms with Crippen LogP contribution in [-0.4, -0.2) is 49.8 Å². The van der Waals surface area contributed by atoms with Crippen LogP contribution in [0.2, 0.25) is 0 Å². The molecule has 0 aliphatic carbocycles. The third-order valence-electron chi connectivity index (χ3n) is 4.30. The largest absolute Gasteiger partial charge is 0.396 e. The van der Waals surface area contributed by atoms with Gasteiger partial charge in [0.25, 0.3) is 0 Å². The summed E-state index contributed by atoms with van der Waals surface area (Å²) >= 11 is 0. The molecule has 4 N–H and O–H groups in total. The highest BCUT2D eigenvalue weighted by Gasteiger charge is 2.25. The van der Waals surface area contributed by atoms with E-state index < -0.39 is 0 Å². The summed E-state index contributed by atoms with van der Waals surface area (Å²) in [7, 11) is 0. The summed E-state index contributed by atoms with van der Waals surface area (Å²) in [5.41, 5.74) is 0.0585. The van der Waals surface area contributed by atoms with Crippen LogP contribution in [0, 0.1) is 11.3 Å². The van der Waals surface area contributed by atoms with Crippen molar-refractivity contribution in [3.8, 4) is 0 Å². The lowest BCUT2D eigenvalue weighted by Gasteiger charge is -2.29. The predicted molar refractivity (Wildman–Crippen MR) is 96.5 cm³/mol. The van der Waals surface area contributed by atoms with Crippen LogP contribution in [0.4, 0.5) is 0 Å². The Kier molecular flexibility index (Phi) is 11.5. The van der Waals surface area contributed by atoms with Gasteiger partial charge >= 0.3 is 0 Å². The number of carbonyl (C=O) groups excluding carboxylic acids is 1. The van der Waals surface area contributed by atoms with E-state index in [2.05, 4.69) is 34.8 Å². The first-order valence-corrected chi connectivity index (χ1v) is 8.85. The molecular weight excluding hydrogens is 292 g/mol. The monoisotopic (exact) mass is 328 g/mol. The molecule has 0 unspecified atom stereocenters. The van der Waals surface area contributed by atoms with Crippen molar-refractivity contribution in [3.05, 3.63) is 0 Å². The van der Waals surface area contributed by atoms with E-state index in [1.54, 1.807) is 0 Å². The minimum absolute atomic E-state index is 0.00473. The number of nitrogens with one attached hydrogen (secondary N) is 3. The highest BCUT2D eigenvalue weighted by molar-refractivity contribution is 5.80. The zero-order chi connectivity index (χ0) is 17.7. The molecule has 0 aromatic carbocycles. The Balaban J connectivity index is 4.49. The number of carbonyl (C=O) groups is 1. The number of aliphatic hydroxyl groups is 1. The summed E-state index contributed by atoms with van der Waals surface area (Å²) in [6, 6.07) is 0. The Morgan fingerprint density at radius 1 is 1.09 bits per heavy atom. The van der Waals surface area contributed by atoms with Gasteiger partial charge in [0.2, 0.25) is 5.91 Å². The van der Waals surface area contributed by atoms with E-state index in [4.69, 9.17) is 0 Å². The molecule has 0 bridgehead atoms. The predicted octanol–water partition coefficient (Wildman–Crippen LogP) is 1.50. The van der Waals surface area contributed by atoms with Crippen LogP contribution in [0.5, 0.6) is 0 Å². The standard InChI is InChI=1S/C17H36N4O2/c1-6-17(7-2,9-12-22)13-21-16(18-8-3)20-11-10-19-15(23)14(4)5/h14,22H,6-13H2,1-5H3,(H,19,23)(H2,18,20,21). The fraction of sp³-hybridized carbons (Fsp3) is 0.882. The van der Waals surface area contributed by atoms with Crippen LogP contribution < -0.4 is 16.0 Å². The maximum atomic E-state index is 11.5. The van der Waals surface area contributed by atoms with Gasteiger partial charge in [-0.05, 0) is 31.6 Å². The summed E-state index contributed by atoms with van der Waals surface area (Å²) < 4.78 is 0. The zero-order valence-electron chi connectivity index (χ0n) is 15.5. The lowest BCUT2D eigenvalue weighted by atomic mass is 9.79. The average molecular weight is 329 g/mol. The van der Waals surface area contributed by atoms with E-state index in [0.29, 0.717) is 19.6 Å². The van der Waals surface area contributed by atoms with Crippen molar-refractivity contribution in [2.75, 3.05) is 32.8 Å². The fourth-order valence-electron chi connectivity index (χ4n) is 2.30. The normalized spacial score (nSPS) is 12.4. The highest BCUT2D eigenvalue weighted by atomic mass is 16.3. The second-order valence-corrected chi connectivity index (χ2v) is 6.25. The molecule has 6 nitrogen and oxygen atoms in total. The van der Waals surface area contributed by atoms with Crippen molar-refractivity contribution >= 4 is 11.9 Å². The number of nitrogens with zero attached hydrogens (tertiary/aromatic N) is 1. The molecule has 0 atom stereocenters. The van der Waals surface area contributed by atoms with Gasteiger partial charge in [-0.1, -0.05) is 27.7 Å². The summed E-state index contributed by atoms with van der Waals surface area (Å²) in [5, 5.41) is 18.6. The molecule has 0 saturated carbocycles. The van der Waals surface area contributed by atoms with Gasteiger partial charge in [0.1, 0.15) is 0 Å². The van der Waals surface area contributed by atoms with E-state index in [1.165, 1.54) is 0 Å². The Hall–Kier alpha value is -1.30. The molecule has 6 heteroatoms. The van der Waals surface area contributed by atoms with Crippen molar-refractivity contribution in [2.24, 2.45) is 16.3 Å². The summed E-state index contributed by atoms with van der Waals surface area (Å²) in [4.78, 5) is 16.2. The maximum Gasteiger partial charge on any atom is 0.222 e. The van der Waals surface area contributed by atoms with Crippen molar-refractivity contribution in [2.45, 2.75) is 53.9 Å². The minimum Gasteiger partial charge on any atom is -0.396 e. The lowest BCUT2D eigenvalue weighted by molar-refractivity contribution is -0.123. The summed E-state index contributed by atoms with van der Waals surface area (Å²) in [5.74, 6) is 0.827. The van der Waals surface area contributed by atoms with Gasteiger partial charge in [0, 0.05) is 38.7 Å². The Bertz CT molecular complexity index is 353. The van der Waals surface area contributed by atoms with Crippen LogP contribution in [-0.2, 0) is 4.79 Å². The second kappa shape index (κ2) is 12.2. The number of rotatable bonds is 11. The molecule has 0 aromatic heterocycles. The van der Waals surface area contributed by atoms with Gasteiger partial charge in [-0.2, -0.15) is 0 Å². The van der Waals surface area contributed by atoms with E-state index in [-0.39, 0.29) is 23.8 Å². The number of aliphatic hydroxyl groups excluding tert-OH is 1. The van der Waals surface area contributed by atoms with Crippen LogP contribution >= 0.6 is 0 Å². The third kappa shape index (κ3) is 8.79. The van der Waals surface area contributed by atoms with Crippen LogP contribution in [0.3, 0.4) is 0 Å². The molecule has 1 amide bonds. The molecule has 23 heavy (non-hydrogen) atoms. The van der Waals surface area contributed by atoms with E-state index in [1.807, 2.05) is 20.8 Å². The van der Waals surface area contributed by atoms with Gasteiger partial charge in [-0.25, -0.2) is 0 Å². The quantitative estimate of drug-likeness (QED) is 0.263. The first-order chi connectivity index (χ1) is 10.9. The molecule has 0 saturated heterocycles. The topological polar surface area (TPSA) is 85.8 Å². The van der Waals surface area contributed by atoms with Crippen molar-refractivity contribution < 1.29 is 9.90 Å². The molecule has 136 valence electrons. The molecule has 0 radical (unpaired) electrons. The van der Waals surface area contributed by atoms with Crippen LogP contribution in [0.25, 0.3) is 0 Å². The first kappa shape index (κ1) is 21.7. The third-order valence-corrected chi connectivity index (χ3v) is 4.30. The van der Waals surface area contributed by atoms with Crippen molar-refractivity contribution in [3.63, 3.8) is 0 Å². The smallest absolute Gasteiger partial charge is 0.222 e. The molecular formula is C17H36N4O2. The van der Waals surface area contributed by atoms with Crippen LogP contribution in [0.15, 0.2) is 4.99 Å². The molecule has 0 aliphatic rings. The Morgan fingerprint density at radius 3 is 2.17 bits per heavy atom. The van der Waals surface area contributed by atoms with Gasteiger partial charge in [0.05, 0.1) is 0 Å². The molecule has 0 aromatic rings. The van der Waals surface area contributed by atoms with E-state index >= 15 is 0 Å². The van der Waals surface area contributed by atoms with Crippen molar-refractivity contribution in [1.82, 2.24) is 16.0 Å². The lowest BCUT2D eigenvalue weighted by Crippen LogP contribution is -2.42. The summed E-state index contributed by atoms with van der Waals surface area (Å²) in [6.07, 6.45) is 2.77. The number of hydrogen-bond acceptors (Lipinski definition) is 3. The molecule has 0 aliphatic heterocycles. The molecule has 0 rings (SSSR count). The Morgan fingerprint density at radius 2 is 1.70 bits per heavy atom. The molecule has 0 heterocycles. The van der Waals surface area contributed by atoms with Crippen molar-refractivity contribution in [1.29, 1.82) is 0 Å². The van der Waals surface area contributed by atoms with Gasteiger partial charge in [-0.15, -0.1) is 0 Å². The fourth-order valence-corrected chi connectivity index (χ4v) is 2.30. The molecule has 0 fully saturated rings. The SMILES string of the molecule is CCNC(=NCC(CC)(CC)CCO)NCCNC(=O)C(C)C. The second-order valence-electron chi connectivity index (χ2n) is 6.25. The van der Waals surface area contributed by atoms with Gasteiger partial charge in [0.15, 0.2) is 5.96 Å². The number of guanidine groups is 1. The van der Waals surface area contributed by atoms with Crippen LogP contribution in [0.1, 0.15) is 53.9 Å². The first-order valence-electron chi connectivity index (χ1n) is 8.85. The minimum atomic E-state index is 0.00473. The van der Waals surface area contributed by atoms with Gasteiger partial charge < -0.3 is 21.1 Å².